The largest absolute Gasteiger partial charge is 0.463 e. The number of esters is 1. The van der Waals surface area contributed by atoms with Crippen molar-refractivity contribution >= 4 is 5.97 Å². The molecule has 4 nitrogen and oxygen atoms in total. The Balaban J connectivity index is 3.80. The minimum Gasteiger partial charge on any atom is -0.463 e. The molecule has 1 atom stereocenters. The van der Waals surface area contributed by atoms with E-state index in [9.17, 15) is 4.79 Å². The van der Waals surface area contributed by atoms with E-state index in [1.165, 1.54) is 7.11 Å². The molecular formula is C10H18O4. The Labute approximate surface area is 84.8 Å². The summed E-state index contributed by atoms with van der Waals surface area (Å²) < 4.78 is 14.8. The van der Waals surface area contributed by atoms with Crippen LogP contribution in [0.5, 0.6) is 0 Å². The van der Waals surface area contributed by atoms with Crippen LogP contribution in [0.1, 0.15) is 20.3 Å². The van der Waals surface area contributed by atoms with Crippen molar-refractivity contribution in [3.8, 4) is 0 Å². The third-order valence-corrected chi connectivity index (χ3v) is 1.40. The Morgan fingerprint density at radius 1 is 1.50 bits per heavy atom. The van der Waals surface area contributed by atoms with Gasteiger partial charge in [-0.25, -0.2) is 0 Å². The first-order valence-electron chi connectivity index (χ1n) is 4.52. The predicted molar refractivity (Wildman–Crippen MR) is 52.8 cm³/mol. The standard InChI is InChI=1S/C10H18O4/c1-5-9(13-7-12-4)6-10(11)14-8(2)3/h5,8-9H,1,6-7H2,2-4H3. The van der Waals surface area contributed by atoms with Crippen molar-refractivity contribution in [1.82, 2.24) is 0 Å². The molecule has 0 aliphatic carbocycles. The average molecular weight is 202 g/mol. The molecule has 0 N–H and O–H groups in total. The zero-order valence-electron chi connectivity index (χ0n) is 8.99. The normalized spacial score (nSPS) is 12.6. The van der Waals surface area contributed by atoms with Gasteiger partial charge in [0.25, 0.3) is 0 Å². The SMILES string of the molecule is C=CC(CC(=O)OC(C)C)OCOC. The summed E-state index contributed by atoms with van der Waals surface area (Å²) in [6.07, 6.45) is 1.28. The molecule has 0 saturated heterocycles. The summed E-state index contributed by atoms with van der Waals surface area (Å²) in [6, 6.07) is 0. The van der Waals surface area contributed by atoms with Crippen LogP contribution < -0.4 is 0 Å². The lowest BCUT2D eigenvalue weighted by Gasteiger charge is -2.13. The molecule has 14 heavy (non-hydrogen) atoms. The lowest BCUT2D eigenvalue weighted by molar-refractivity contribution is -0.151. The van der Waals surface area contributed by atoms with Crippen LogP contribution in [0.2, 0.25) is 0 Å². The molecule has 0 aliphatic heterocycles. The molecule has 0 aromatic carbocycles. The Bertz CT molecular complexity index is 177. The Kier molecular flexibility index (Phi) is 7.06. The summed E-state index contributed by atoms with van der Waals surface area (Å²) in [6.45, 7) is 7.31. The van der Waals surface area contributed by atoms with Gasteiger partial charge in [-0.1, -0.05) is 6.08 Å². The molecule has 0 heterocycles. The van der Waals surface area contributed by atoms with Gasteiger partial charge >= 0.3 is 5.97 Å². The topological polar surface area (TPSA) is 44.8 Å². The van der Waals surface area contributed by atoms with E-state index in [0.717, 1.165) is 0 Å². The highest BCUT2D eigenvalue weighted by Crippen LogP contribution is 2.03. The van der Waals surface area contributed by atoms with E-state index >= 15 is 0 Å². The lowest BCUT2D eigenvalue weighted by Crippen LogP contribution is -2.20. The smallest absolute Gasteiger partial charge is 0.309 e. The van der Waals surface area contributed by atoms with Gasteiger partial charge < -0.3 is 14.2 Å². The van der Waals surface area contributed by atoms with E-state index in [2.05, 4.69) is 6.58 Å². The Hall–Kier alpha value is -0.870. The zero-order chi connectivity index (χ0) is 11.0. The van der Waals surface area contributed by atoms with Crippen molar-refractivity contribution < 1.29 is 19.0 Å². The van der Waals surface area contributed by atoms with Crippen molar-refractivity contribution in [3.05, 3.63) is 12.7 Å². The highest BCUT2D eigenvalue weighted by molar-refractivity contribution is 5.70. The van der Waals surface area contributed by atoms with Crippen LogP contribution in [-0.2, 0) is 19.0 Å². The van der Waals surface area contributed by atoms with Crippen LogP contribution >= 0.6 is 0 Å². The fourth-order valence-corrected chi connectivity index (χ4v) is 0.841. The third kappa shape index (κ3) is 6.62. The monoisotopic (exact) mass is 202 g/mol. The van der Waals surface area contributed by atoms with Crippen LogP contribution in [0.3, 0.4) is 0 Å². The van der Waals surface area contributed by atoms with Gasteiger partial charge in [-0.05, 0) is 13.8 Å². The fraction of sp³-hybridized carbons (Fsp3) is 0.700. The van der Waals surface area contributed by atoms with E-state index in [4.69, 9.17) is 14.2 Å². The third-order valence-electron chi connectivity index (χ3n) is 1.40. The maximum absolute atomic E-state index is 11.2. The van der Waals surface area contributed by atoms with E-state index in [0.29, 0.717) is 0 Å². The van der Waals surface area contributed by atoms with Gasteiger partial charge in [0, 0.05) is 7.11 Å². The van der Waals surface area contributed by atoms with Gasteiger partial charge in [0.05, 0.1) is 18.6 Å². The van der Waals surface area contributed by atoms with Crippen molar-refractivity contribution in [1.29, 1.82) is 0 Å². The average Bonchev–Trinajstić information content (AvgIpc) is 2.10. The highest BCUT2D eigenvalue weighted by Gasteiger charge is 2.13. The van der Waals surface area contributed by atoms with Crippen molar-refractivity contribution in [3.63, 3.8) is 0 Å². The van der Waals surface area contributed by atoms with Gasteiger partial charge in [0.2, 0.25) is 0 Å². The molecule has 0 aromatic rings. The van der Waals surface area contributed by atoms with E-state index in [1.54, 1.807) is 19.9 Å². The van der Waals surface area contributed by atoms with Crippen LogP contribution in [0, 0.1) is 0 Å². The fourth-order valence-electron chi connectivity index (χ4n) is 0.841. The molecule has 0 bridgehead atoms. The molecule has 0 radical (unpaired) electrons. The van der Waals surface area contributed by atoms with Crippen LogP contribution in [0.25, 0.3) is 0 Å². The summed E-state index contributed by atoms with van der Waals surface area (Å²) in [7, 11) is 1.52. The van der Waals surface area contributed by atoms with Gasteiger partial charge in [-0.15, -0.1) is 6.58 Å². The highest BCUT2D eigenvalue weighted by atomic mass is 16.7. The summed E-state index contributed by atoms with van der Waals surface area (Å²) in [5.41, 5.74) is 0. The number of hydrogen-bond acceptors (Lipinski definition) is 4. The number of ether oxygens (including phenoxy) is 3. The van der Waals surface area contributed by atoms with Crippen LogP contribution in [-0.4, -0.2) is 32.1 Å². The zero-order valence-corrected chi connectivity index (χ0v) is 8.99. The van der Waals surface area contributed by atoms with E-state index < -0.39 is 0 Å². The number of hydrogen-bond donors (Lipinski definition) is 0. The minimum atomic E-state index is -0.346. The first-order valence-corrected chi connectivity index (χ1v) is 4.52. The second kappa shape index (κ2) is 7.53. The number of carbonyl (C=O) groups excluding carboxylic acids is 1. The maximum Gasteiger partial charge on any atom is 0.309 e. The van der Waals surface area contributed by atoms with E-state index in [1.807, 2.05) is 0 Å². The van der Waals surface area contributed by atoms with Gasteiger partial charge in [0.1, 0.15) is 6.79 Å². The molecule has 1 unspecified atom stereocenters. The molecule has 4 heteroatoms. The Morgan fingerprint density at radius 3 is 2.57 bits per heavy atom. The van der Waals surface area contributed by atoms with E-state index in [-0.39, 0.29) is 31.4 Å². The summed E-state index contributed by atoms with van der Waals surface area (Å²) in [4.78, 5) is 11.2. The van der Waals surface area contributed by atoms with Crippen molar-refractivity contribution in [2.45, 2.75) is 32.5 Å². The maximum atomic E-state index is 11.2. The number of rotatable bonds is 7. The lowest BCUT2D eigenvalue weighted by atomic mass is 10.2. The van der Waals surface area contributed by atoms with Crippen LogP contribution in [0.4, 0.5) is 0 Å². The molecule has 0 aromatic heterocycles. The van der Waals surface area contributed by atoms with Crippen LogP contribution in [0.15, 0.2) is 12.7 Å². The first kappa shape index (κ1) is 13.1. The Morgan fingerprint density at radius 2 is 2.14 bits per heavy atom. The first-order chi connectivity index (χ1) is 6.60. The number of methoxy groups -OCH3 is 1. The molecule has 0 rings (SSSR count). The molecule has 0 saturated carbocycles. The van der Waals surface area contributed by atoms with Gasteiger partial charge in [0.15, 0.2) is 0 Å². The molecule has 0 aliphatic rings. The van der Waals surface area contributed by atoms with Crippen molar-refractivity contribution in [2.75, 3.05) is 13.9 Å². The number of carbonyl (C=O) groups is 1. The molecular weight excluding hydrogens is 184 g/mol. The molecule has 0 spiro atoms. The van der Waals surface area contributed by atoms with Gasteiger partial charge in [-0.2, -0.15) is 0 Å². The quantitative estimate of drug-likeness (QED) is 0.356. The molecule has 0 amide bonds. The second-order valence-electron chi connectivity index (χ2n) is 3.09. The summed E-state index contributed by atoms with van der Waals surface area (Å²) in [5.74, 6) is -0.291. The second-order valence-corrected chi connectivity index (χ2v) is 3.09. The summed E-state index contributed by atoms with van der Waals surface area (Å²) in [5, 5.41) is 0. The minimum absolute atomic E-state index is 0.101. The molecule has 0 fully saturated rings. The predicted octanol–water partition coefficient (Wildman–Crippen LogP) is 1.50. The molecule has 82 valence electrons. The van der Waals surface area contributed by atoms with Gasteiger partial charge in [-0.3, -0.25) is 4.79 Å². The van der Waals surface area contributed by atoms with Crippen molar-refractivity contribution in [2.24, 2.45) is 0 Å². The summed E-state index contributed by atoms with van der Waals surface area (Å²) >= 11 is 0.